The van der Waals surface area contributed by atoms with Crippen LogP contribution >= 0.6 is 11.6 Å². The van der Waals surface area contributed by atoms with Gasteiger partial charge >= 0.3 is 0 Å². The zero-order chi connectivity index (χ0) is 21.2. The van der Waals surface area contributed by atoms with Crippen LogP contribution in [0.5, 0.6) is 0 Å². The van der Waals surface area contributed by atoms with Crippen molar-refractivity contribution in [2.45, 2.75) is 19.9 Å². The van der Waals surface area contributed by atoms with E-state index in [0.29, 0.717) is 43.6 Å². The van der Waals surface area contributed by atoms with Crippen molar-refractivity contribution < 1.29 is 4.79 Å². The number of anilines is 1. The van der Waals surface area contributed by atoms with Gasteiger partial charge in [0.25, 0.3) is 0 Å². The molecule has 30 heavy (non-hydrogen) atoms. The number of amides is 1. The molecule has 3 rings (SSSR count). The van der Waals surface area contributed by atoms with Gasteiger partial charge in [-0.2, -0.15) is 0 Å². The lowest BCUT2D eigenvalue weighted by atomic mass is 10.2. The lowest BCUT2D eigenvalue weighted by Crippen LogP contribution is -2.50. The average molecular weight is 430 g/mol. The fourth-order valence-corrected chi connectivity index (χ4v) is 3.28. The Balaban J connectivity index is 1.42. The van der Waals surface area contributed by atoms with E-state index in [-0.39, 0.29) is 5.91 Å². The van der Waals surface area contributed by atoms with Gasteiger partial charge in [0.05, 0.1) is 6.54 Å². The van der Waals surface area contributed by atoms with Crippen LogP contribution in [0.1, 0.15) is 18.9 Å². The number of guanidine groups is 1. The van der Waals surface area contributed by atoms with Crippen LogP contribution in [0.4, 0.5) is 5.95 Å². The number of carbonyl (C=O) groups is 1. The number of hydrogen-bond acceptors (Lipinski definition) is 5. The van der Waals surface area contributed by atoms with Crippen molar-refractivity contribution in [1.29, 1.82) is 0 Å². The molecular formula is C21H28ClN7O. The summed E-state index contributed by atoms with van der Waals surface area (Å²) in [5.41, 5.74) is 1.08. The monoisotopic (exact) mass is 429 g/mol. The highest BCUT2D eigenvalue weighted by Gasteiger charge is 2.22. The molecule has 1 aliphatic rings. The summed E-state index contributed by atoms with van der Waals surface area (Å²) in [6.07, 6.45) is 3.90. The smallest absolute Gasteiger partial charge is 0.225 e. The SMILES string of the molecule is CCNC(=NCc1ccc(Cl)cc1)NCCC(=O)N1CCN(c2ncccn2)CC1. The standard InChI is InChI=1S/C21H28ClN7O/c1-2-23-20(27-16-17-4-6-18(22)7-5-17)24-11-8-19(30)28-12-14-29(15-13-28)21-25-9-3-10-26-21/h3-7,9-10H,2,8,11-16H2,1H3,(H2,23,24,27). The normalized spacial score (nSPS) is 14.5. The molecule has 8 nitrogen and oxygen atoms in total. The van der Waals surface area contributed by atoms with Gasteiger partial charge in [-0.25, -0.2) is 15.0 Å². The molecule has 1 aliphatic heterocycles. The Kier molecular flexibility index (Phi) is 8.26. The van der Waals surface area contributed by atoms with Crippen LogP contribution in [0.15, 0.2) is 47.7 Å². The molecule has 2 N–H and O–H groups in total. The second kappa shape index (κ2) is 11.3. The molecule has 2 aromatic rings. The molecule has 0 unspecified atom stereocenters. The molecule has 1 saturated heterocycles. The highest BCUT2D eigenvalue weighted by Crippen LogP contribution is 2.11. The van der Waals surface area contributed by atoms with Crippen LogP contribution in [0.3, 0.4) is 0 Å². The predicted molar refractivity (Wildman–Crippen MR) is 120 cm³/mol. The second-order valence-electron chi connectivity index (χ2n) is 6.92. The number of piperazine rings is 1. The third kappa shape index (κ3) is 6.59. The quantitative estimate of drug-likeness (QED) is 0.516. The summed E-state index contributed by atoms with van der Waals surface area (Å²) in [5.74, 6) is 1.56. The third-order valence-electron chi connectivity index (χ3n) is 4.78. The molecule has 2 heterocycles. The number of halogens is 1. The summed E-state index contributed by atoms with van der Waals surface area (Å²) >= 11 is 5.92. The van der Waals surface area contributed by atoms with Gasteiger partial charge < -0.3 is 20.4 Å². The first kappa shape index (κ1) is 21.8. The van der Waals surface area contributed by atoms with Gasteiger partial charge in [-0.1, -0.05) is 23.7 Å². The number of aromatic nitrogens is 2. The zero-order valence-electron chi connectivity index (χ0n) is 17.2. The third-order valence-corrected chi connectivity index (χ3v) is 5.03. The van der Waals surface area contributed by atoms with Crippen LogP contribution in [0.25, 0.3) is 0 Å². The molecule has 9 heteroatoms. The van der Waals surface area contributed by atoms with E-state index in [4.69, 9.17) is 11.6 Å². The molecule has 0 aliphatic carbocycles. The zero-order valence-corrected chi connectivity index (χ0v) is 18.0. The summed E-state index contributed by atoms with van der Waals surface area (Å²) in [6.45, 7) is 6.70. The molecule has 160 valence electrons. The lowest BCUT2D eigenvalue weighted by molar-refractivity contribution is -0.131. The molecule has 0 radical (unpaired) electrons. The summed E-state index contributed by atoms with van der Waals surface area (Å²) < 4.78 is 0. The maximum atomic E-state index is 12.6. The van der Waals surface area contributed by atoms with Crippen molar-refractivity contribution in [2.75, 3.05) is 44.2 Å². The summed E-state index contributed by atoms with van der Waals surface area (Å²) in [5, 5.41) is 7.16. The first-order valence-corrected chi connectivity index (χ1v) is 10.6. The molecule has 0 spiro atoms. The van der Waals surface area contributed by atoms with Gasteiger partial charge in [-0.05, 0) is 30.7 Å². The Labute approximate surface area is 182 Å². The fourth-order valence-electron chi connectivity index (χ4n) is 3.16. The predicted octanol–water partition coefficient (Wildman–Crippen LogP) is 1.92. The maximum Gasteiger partial charge on any atom is 0.225 e. The molecule has 1 aromatic carbocycles. The van der Waals surface area contributed by atoms with E-state index in [1.54, 1.807) is 18.5 Å². The fraction of sp³-hybridized carbons (Fsp3) is 0.429. The van der Waals surface area contributed by atoms with Crippen LogP contribution in [-0.2, 0) is 11.3 Å². The summed E-state index contributed by atoms with van der Waals surface area (Å²) in [4.78, 5) is 29.7. The largest absolute Gasteiger partial charge is 0.357 e. The minimum Gasteiger partial charge on any atom is -0.357 e. The first-order chi connectivity index (χ1) is 14.7. The van der Waals surface area contributed by atoms with E-state index in [2.05, 4.69) is 30.5 Å². The van der Waals surface area contributed by atoms with Gasteiger partial charge in [-0.15, -0.1) is 0 Å². The van der Waals surface area contributed by atoms with Crippen molar-refractivity contribution >= 4 is 29.4 Å². The molecule has 0 bridgehead atoms. The minimum atomic E-state index is 0.143. The Hall–Kier alpha value is -2.87. The Morgan fingerprint density at radius 3 is 2.47 bits per heavy atom. The lowest BCUT2D eigenvalue weighted by Gasteiger charge is -2.34. The van der Waals surface area contributed by atoms with Crippen molar-refractivity contribution in [3.8, 4) is 0 Å². The number of benzene rings is 1. The van der Waals surface area contributed by atoms with E-state index >= 15 is 0 Å². The van der Waals surface area contributed by atoms with Crippen LogP contribution in [-0.4, -0.2) is 66.0 Å². The number of nitrogens with one attached hydrogen (secondary N) is 2. The Morgan fingerprint density at radius 1 is 1.10 bits per heavy atom. The van der Waals surface area contributed by atoms with Gasteiger partial charge in [0, 0.05) is 63.1 Å². The van der Waals surface area contributed by atoms with Gasteiger partial charge in [0.2, 0.25) is 11.9 Å². The van der Waals surface area contributed by atoms with Crippen LogP contribution < -0.4 is 15.5 Å². The molecule has 1 amide bonds. The molecule has 0 saturated carbocycles. The van der Waals surface area contributed by atoms with E-state index < -0.39 is 0 Å². The number of nitrogens with zero attached hydrogens (tertiary/aromatic N) is 5. The van der Waals surface area contributed by atoms with Crippen LogP contribution in [0.2, 0.25) is 5.02 Å². The van der Waals surface area contributed by atoms with Gasteiger partial charge in [0.1, 0.15) is 0 Å². The molecule has 1 aromatic heterocycles. The molecule has 0 atom stereocenters. The highest BCUT2D eigenvalue weighted by atomic mass is 35.5. The van der Waals surface area contributed by atoms with E-state index in [1.807, 2.05) is 36.1 Å². The number of rotatable bonds is 7. The molecule has 1 fully saturated rings. The van der Waals surface area contributed by atoms with Crippen LogP contribution in [0, 0.1) is 0 Å². The topological polar surface area (TPSA) is 85.8 Å². The van der Waals surface area contributed by atoms with Crippen molar-refractivity contribution in [3.63, 3.8) is 0 Å². The van der Waals surface area contributed by atoms with Crippen molar-refractivity contribution in [2.24, 2.45) is 4.99 Å². The molecular weight excluding hydrogens is 402 g/mol. The maximum absolute atomic E-state index is 12.6. The highest BCUT2D eigenvalue weighted by molar-refractivity contribution is 6.30. The van der Waals surface area contributed by atoms with E-state index in [9.17, 15) is 4.79 Å². The van der Waals surface area contributed by atoms with Gasteiger partial charge in [-0.3, -0.25) is 4.79 Å². The van der Waals surface area contributed by atoms with E-state index in [1.165, 1.54) is 0 Å². The first-order valence-electron chi connectivity index (χ1n) is 10.2. The Bertz CT molecular complexity index is 821. The minimum absolute atomic E-state index is 0.143. The van der Waals surface area contributed by atoms with E-state index in [0.717, 1.165) is 31.1 Å². The average Bonchev–Trinajstić information content (AvgIpc) is 2.79. The van der Waals surface area contributed by atoms with Gasteiger partial charge in [0.15, 0.2) is 5.96 Å². The summed E-state index contributed by atoms with van der Waals surface area (Å²) in [6, 6.07) is 9.43. The number of hydrogen-bond donors (Lipinski definition) is 2. The summed E-state index contributed by atoms with van der Waals surface area (Å²) in [7, 11) is 0. The van der Waals surface area contributed by atoms with Crippen molar-refractivity contribution in [3.05, 3.63) is 53.3 Å². The number of aliphatic imine (C=N–C) groups is 1. The number of carbonyl (C=O) groups excluding carboxylic acids is 1. The Morgan fingerprint density at radius 2 is 1.80 bits per heavy atom. The second-order valence-corrected chi connectivity index (χ2v) is 7.35. The van der Waals surface area contributed by atoms with Crippen molar-refractivity contribution in [1.82, 2.24) is 25.5 Å².